The lowest BCUT2D eigenvalue weighted by Gasteiger charge is -2.22. The summed E-state index contributed by atoms with van der Waals surface area (Å²) in [6.07, 6.45) is 9.85. The van der Waals surface area contributed by atoms with Crippen molar-refractivity contribution in [2.45, 2.75) is 71.6 Å². The Hall–Kier alpha value is -2.17. The van der Waals surface area contributed by atoms with Crippen LogP contribution in [0.2, 0.25) is 0 Å². The summed E-state index contributed by atoms with van der Waals surface area (Å²) in [7, 11) is 1.75. The Morgan fingerprint density at radius 3 is 2.56 bits per heavy atom. The van der Waals surface area contributed by atoms with Crippen LogP contribution in [0.4, 0.5) is 11.4 Å². The molecule has 27 heavy (non-hydrogen) atoms. The van der Waals surface area contributed by atoms with Gasteiger partial charge in [0.25, 0.3) is 0 Å². The van der Waals surface area contributed by atoms with Crippen molar-refractivity contribution >= 4 is 22.3 Å². The summed E-state index contributed by atoms with van der Waals surface area (Å²) < 4.78 is 0. The number of pyridine rings is 1. The molecule has 1 atom stereocenters. The van der Waals surface area contributed by atoms with E-state index in [0.29, 0.717) is 17.5 Å². The number of hydrogen-bond acceptors (Lipinski definition) is 4. The largest absolute Gasteiger partial charge is 0.382 e. The maximum Gasteiger partial charge on any atom is 0.311 e. The Morgan fingerprint density at radius 2 is 1.93 bits per heavy atom. The summed E-state index contributed by atoms with van der Waals surface area (Å²) in [4.78, 5) is 15.5. The molecule has 0 saturated carbocycles. The van der Waals surface area contributed by atoms with Gasteiger partial charge in [0.2, 0.25) is 0 Å². The third-order valence-corrected chi connectivity index (χ3v) is 5.21. The Balaban J connectivity index is 2.44. The topological polar surface area (TPSA) is 68.1 Å². The first-order valence-corrected chi connectivity index (χ1v) is 10.2. The molecule has 0 aliphatic heterocycles. The molecule has 1 heterocycles. The van der Waals surface area contributed by atoms with Crippen molar-refractivity contribution in [2.75, 3.05) is 12.4 Å². The predicted molar refractivity (Wildman–Crippen MR) is 114 cm³/mol. The highest BCUT2D eigenvalue weighted by molar-refractivity contribution is 5.98. The fourth-order valence-corrected chi connectivity index (χ4v) is 3.96. The first kappa shape index (κ1) is 21.1. The first-order chi connectivity index (χ1) is 13.0. The van der Waals surface area contributed by atoms with E-state index in [1.165, 1.54) is 43.9 Å². The van der Waals surface area contributed by atoms with E-state index in [0.717, 1.165) is 23.7 Å². The minimum atomic E-state index is -0.350. The van der Waals surface area contributed by atoms with Crippen LogP contribution < -0.4 is 5.32 Å². The number of unbranched alkanes of at least 4 members (excludes halogenated alkanes) is 4. The fraction of sp³-hybridized carbons (Fsp3) is 0.591. The molecular formula is C22H33N3O2. The molecule has 0 bridgehead atoms. The minimum absolute atomic E-state index is 0.0451. The van der Waals surface area contributed by atoms with Crippen molar-refractivity contribution in [3.8, 4) is 0 Å². The number of fused-ring (bicyclic) bond motifs is 1. The number of anilines is 1. The summed E-state index contributed by atoms with van der Waals surface area (Å²) in [6.45, 7) is 6.72. The van der Waals surface area contributed by atoms with Crippen molar-refractivity contribution < 1.29 is 4.92 Å². The SMILES string of the molecule is CCCCCCCC(CC(C)C)c1cccc2ncc([N+](=O)[O-])c(NC)c12. The zero-order chi connectivity index (χ0) is 19.8. The molecule has 1 N–H and O–H groups in total. The minimum Gasteiger partial charge on any atom is -0.382 e. The number of aromatic nitrogens is 1. The summed E-state index contributed by atoms with van der Waals surface area (Å²) >= 11 is 0. The lowest BCUT2D eigenvalue weighted by Crippen LogP contribution is -2.07. The average molecular weight is 372 g/mol. The van der Waals surface area contributed by atoms with Crippen molar-refractivity contribution in [3.05, 3.63) is 40.1 Å². The second-order valence-corrected chi connectivity index (χ2v) is 7.80. The number of nitrogens with one attached hydrogen (secondary N) is 1. The van der Waals surface area contributed by atoms with E-state index in [1.807, 2.05) is 12.1 Å². The van der Waals surface area contributed by atoms with E-state index in [-0.39, 0.29) is 10.6 Å². The van der Waals surface area contributed by atoms with Crippen LogP contribution in [-0.2, 0) is 0 Å². The molecule has 1 aromatic heterocycles. The van der Waals surface area contributed by atoms with E-state index < -0.39 is 0 Å². The van der Waals surface area contributed by atoms with Crippen LogP contribution in [-0.4, -0.2) is 17.0 Å². The van der Waals surface area contributed by atoms with Gasteiger partial charge in [-0.1, -0.05) is 65.0 Å². The fourth-order valence-electron chi connectivity index (χ4n) is 3.96. The molecule has 0 saturated heterocycles. The molecule has 2 aromatic rings. The van der Waals surface area contributed by atoms with Gasteiger partial charge in [0, 0.05) is 12.4 Å². The summed E-state index contributed by atoms with van der Waals surface area (Å²) in [5.41, 5.74) is 2.64. The Labute approximate surface area is 162 Å². The first-order valence-electron chi connectivity index (χ1n) is 10.2. The second kappa shape index (κ2) is 10.2. The van der Waals surface area contributed by atoms with E-state index >= 15 is 0 Å². The van der Waals surface area contributed by atoms with Gasteiger partial charge in [-0.3, -0.25) is 10.1 Å². The third-order valence-electron chi connectivity index (χ3n) is 5.21. The van der Waals surface area contributed by atoms with Crippen LogP contribution in [0.3, 0.4) is 0 Å². The van der Waals surface area contributed by atoms with Crippen LogP contribution in [0.1, 0.15) is 77.2 Å². The molecule has 5 nitrogen and oxygen atoms in total. The number of hydrogen-bond donors (Lipinski definition) is 1. The van der Waals surface area contributed by atoms with Crippen LogP contribution in [0, 0.1) is 16.0 Å². The van der Waals surface area contributed by atoms with Gasteiger partial charge in [-0.05, 0) is 36.3 Å². The molecule has 148 valence electrons. The van der Waals surface area contributed by atoms with Gasteiger partial charge < -0.3 is 5.32 Å². The second-order valence-electron chi connectivity index (χ2n) is 7.80. The van der Waals surface area contributed by atoms with Crippen molar-refractivity contribution in [1.82, 2.24) is 4.98 Å². The molecule has 0 amide bonds. The van der Waals surface area contributed by atoms with Crippen molar-refractivity contribution in [1.29, 1.82) is 0 Å². The zero-order valence-electron chi connectivity index (χ0n) is 17.1. The Bertz CT molecular complexity index is 759. The summed E-state index contributed by atoms with van der Waals surface area (Å²) in [5, 5.41) is 15.5. The zero-order valence-corrected chi connectivity index (χ0v) is 17.1. The quantitative estimate of drug-likeness (QED) is 0.272. The standard InChI is InChI=1S/C22H33N3O2/c1-5-6-7-8-9-11-17(14-16(2)3)18-12-10-13-19-21(18)22(23-4)20(15-24-19)25(26)27/h10,12-13,15-17H,5-9,11,14H2,1-4H3,(H,23,24). The van der Waals surface area contributed by atoms with Crippen LogP contribution in [0.15, 0.2) is 24.4 Å². The average Bonchev–Trinajstić information content (AvgIpc) is 2.65. The van der Waals surface area contributed by atoms with E-state index in [2.05, 4.69) is 37.1 Å². The van der Waals surface area contributed by atoms with E-state index in [4.69, 9.17) is 0 Å². The van der Waals surface area contributed by atoms with Crippen molar-refractivity contribution in [3.63, 3.8) is 0 Å². The molecule has 0 fully saturated rings. The van der Waals surface area contributed by atoms with Gasteiger partial charge in [-0.15, -0.1) is 0 Å². The van der Waals surface area contributed by atoms with Crippen LogP contribution >= 0.6 is 0 Å². The molecule has 1 unspecified atom stereocenters. The molecule has 2 rings (SSSR count). The van der Waals surface area contributed by atoms with Gasteiger partial charge in [-0.2, -0.15) is 0 Å². The van der Waals surface area contributed by atoms with Gasteiger partial charge in [0.15, 0.2) is 0 Å². The third kappa shape index (κ3) is 5.41. The number of nitrogens with zero attached hydrogens (tertiary/aromatic N) is 2. The molecular weight excluding hydrogens is 338 g/mol. The Kier molecular flexibility index (Phi) is 8.01. The van der Waals surface area contributed by atoms with E-state index in [1.54, 1.807) is 7.05 Å². The smallest absolute Gasteiger partial charge is 0.311 e. The highest BCUT2D eigenvalue weighted by atomic mass is 16.6. The highest BCUT2D eigenvalue weighted by Gasteiger charge is 2.23. The molecule has 0 spiro atoms. The molecule has 0 aliphatic carbocycles. The summed E-state index contributed by atoms with van der Waals surface area (Å²) in [6, 6.07) is 6.10. The van der Waals surface area contributed by atoms with Crippen molar-refractivity contribution in [2.24, 2.45) is 5.92 Å². The predicted octanol–water partition coefficient (Wildman–Crippen LogP) is 6.67. The van der Waals surface area contributed by atoms with E-state index in [9.17, 15) is 10.1 Å². The normalized spacial score (nSPS) is 12.5. The van der Waals surface area contributed by atoms with Crippen LogP contribution in [0.5, 0.6) is 0 Å². The molecule has 0 aliphatic rings. The number of nitro groups is 1. The van der Waals surface area contributed by atoms with Gasteiger partial charge in [0.1, 0.15) is 11.9 Å². The molecule has 0 radical (unpaired) electrons. The maximum absolute atomic E-state index is 11.5. The molecule has 5 heteroatoms. The molecule has 1 aromatic carbocycles. The highest BCUT2D eigenvalue weighted by Crippen LogP contribution is 2.40. The van der Waals surface area contributed by atoms with Gasteiger partial charge in [-0.25, -0.2) is 4.98 Å². The van der Waals surface area contributed by atoms with Gasteiger partial charge >= 0.3 is 5.69 Å². The van der Waals surface area contributed by atoms with Gasteiger partial charge in [0.05, 0.1) is 10.4 Å². The number of benzene rings is 1. The monoisotopic (exact) mass is 371 g/mol. The summed E-state index contributed by atoms with van der Waals surface area (Å²) in [5.74, 6) is 0.969. The lowest BCUT2D eigenvalue weighted by molar-refractivity contribution is -0.384. The Morgan fingerprint density at radius 1 is 1.19 bits per heavy atom. The van der Waals surface area contributed by atoms with Crippen LogP contribution in [0.25, 0.3) is 10.9 Å². The lowest BCUT2D eigenvalue weighted by atomic mass is 9.84. The maximum atomic E-state index is 11.5. The number of rotatable bonds is 11.